The van der Waals surface area contributed by atoms with Crippen molar-refractivity contribution in [2.24, 2.45) is 0 Å². The van der Waals surface area contributed by atoms with Gasteiger partial charge in [0.25, 0.3) is 5.92 Å². The van der Waals surface area contributed by atoms with Gasteiger partial charge in [-0.1, -0.05) is 18.3 Å². The van der Waals surface area contributed by atoms with Gasteiger partial charge in [-0.3, -0.25) is 4.90 Å². The molecule has 0 amide bonds. The molecule has 1 aliphatic heterocycles. The average Bonchev–Trinajstić information content (AvgIpc) is 3.06. The van der Waals surface area contributed by atoms with E-state index in [9.17, 15) is 8.78 Å². The summed E-state index contributed by atoms with van der Waals surface area (Å²) in [6.07, 6.45) is 4.86. The molecule has 0 radical (unpaired) electrons. The Bertz CT molecular complexity index is 796. The molecule has 3 heterocycles. The number of piperidine rings is 1. The van der Waals surface area contributed by atoms with E-state index in [1.54, 1.807) is 11.3 Å². The van der Waals surface area contributed by atoms with Crippen molar-refractivity contribution in [3.05, 3.63) is 10.3 Å². The Kier molecular flexibility index (Phi) is 5.49. The van der Waals surface area contributed by atoms with Crippen molar-refractivity contribution in [2.45, 2.75) is 69.9 Å². The van der Waals surface area contributed by atoms with Crippen LogP contribution >= 0.6 is 22.9 Å². The van der Waals surface area contributed by atoms with Crippen LogP contribution in [0.2, 0.25) is 5.28 Å². The molecule has 148 valence electrons. The lowest BCUT2D eigenvalue weighted by molar-refractivity contribution is -0.0657. The molecule has 2 aliphatic rings. The number of likely N-dealkylation sites (tertiary alicyclic amines) is 1. The maximum absolute atomic E-state index is 13.4. The van der Waals surface area contributed by atoms with E-state index in [1.165, 1.54) is 0 Å². The molecule has 9 heteroatoms. The van der Waals surface area contributed by atoms with E-state index in [0.717, 1.165) is 47.5 Å². The minimum Gasteiger partial charge on any atom is -0.365 e. The van der Waals surface area contributed by atoms with Gasteiger partial charge in [-0.15, -0.1) is 0 Å². The molecule has 2 fully saturated rings. The predicted molar refractivity (Wildman–Crippen MR) is 105 cm³/mol. The SMILES string of the molecule is CCc1nc2c(N[C@H]3CC[C@@H](N4CCC(F)(F)CC4)CC3)nc(Cl)nc2s1. The molecule has 2 aromatic rings. The van der Waals surface area contributed by atoms with Gasteiger partial charge in [0.15, 0.2) is 10.6 Å². The summed E-state index contributed by atoms with van der Waals surface area (Å²) < 4.78 is 26.7. The summed E-state index contributed by atoms with van der Waals surface area (Å²) in [6.45, 7) is 3.09. The van der Waals surface area contributed by atoms with E-state index in [2.05, 4.69) is 32.1 Å². The molecule has 5 nitrogen and oxygen atoms in total. The highest BCUT2D eigenvalue weighted by Crippen LogP contribution is 2.34. The molecule has 4 rings (SSSR count). The van der Waals surface area contributed by atoms with Gasteiger partial charge in [0.05, 0.1) is 5.01 Å². The van der Waals surface area contributed by atoms with Crippen LogP contribution in [-0.2, 0) is 6.42 Å². The first-order valence-corrected chi connectivity index (χ1v) is 10.8. The lowest BCUT2D eigenvalue weighted by atomic mass is 9.89. The minimum absolute atomic E-state index is 0.00776. The number of aryl methyl sites for hydroxylation is 1. The zero-order chi connectivity index (χ0) is 19.0. The fourth-order valence-electron chi connectivity index (χ4n) is 4.09. The van der Waals surface area contributed by atoms with Crippen molar-refractivity contribution in [2.75, 3.05) is 18.4 Å². The molecule has 0 unspecified atom stereocenters. The van der Waals surface area contributed by atoms with Gasteiger partial charge in [-0.2, -0.15) is 4.98 Å². The molecular formula is C18H24ClF2N5S. The second-order valence-electron chi connectivity index (χ2n) is 7.50. The second-order valence-corrected chi connectivity index (χ2v) is 8.90. The fraction of sp³-hybridized carbons (Fsp3) is 0.722. The molecule has 1 N–H and O–H groups in total. The zero-order valence-corrected chi connectivity index (χ0v) is 16.9. The van der Waals surface area contributed by atoms with Crippen molar-refractivity contribution in [3.8, 4) is 0 Å². The van der Waals surface area contributed by atoms with Crippen LogP contribution < -0.4 is 5.32 Å². The molecule has 2 aromatic heterocycles. The van der Waals surface area contributed by atoms with E-state index < -0.39 is 5.92 Å². The van der Waals surface area contributed by atoms with E-state index in [-0.39, 0.29) is 18.1 Å². The topological polar surface area (TPSA) is 53.9 Å². The summed E-state index contributed by atoms with van der Waals surface area (Å²) in [7, 11) is 0. The maximum atomic E-state index is 13.4. The number of halogens is 3. The van der Waals surface area contributed by atoms with Crippen LogP contribution in [0, 0.1) is 0 Å². The third kappa shape index (κ3) is 4.32. The standard InChI is InChI=1S/C18H24ClF2N5S/c1-2-13-23-14-15(24-17(19)25-16(14)27-13)22-11-3-5-12(6-4-11)26-9-7-18(20,21)8-10-26/h11-12H,2-10H2,1H3,(H,22,24,25)/t11-,12+. The Morgan fingerprint density at radius 2 is 1.85 bits per heavy atom. The van der Waals surface area contributed by atoms with Gasteiger partial charge in [0.1, 0.15) is 5.52 Å². The second kappa shape index (κ2) is 7.72. The monoisotopic (exact) mass is 415 g/mol. The molecule has 1 saturated carbocycles. The summed E-state index contributed by atoms with van der Waals surface area (Å²) in [5, 5.41) is 4.77. The van der Waals surface area contributed by atoms with E-state index in [4.69, 9.17) is 11.6 Å². The van der Waals surface area contributed by atoms with Gasteiger partial charge in [-0.25, -0.2) is 18.7 Å². The van der Waals surface area contributed by atoms with Gasteiger partial charge in [-0.05, 0) is 43.7 Å². The van der Waals surface area contributed by atoms with Gasteiger partial charge in [0.2, 0.25) is 5.28 Å². The van der Waals surface area contributed by atoms with E-state index in [1.807, 2.05) is 0 Å². The number of nitrogens with one attached hydrogen (secondary N) is 1. The third-order valence-corrected chi connectivity index (χ3v) is 6.92. The molecule has 27 heavy (non-hydrogen) atoms. The lowest BCUT2D eigenvalue weighted by Crippen LogP contribution is -2.47. The Balaban J connectivity index is 1.38. The number of nitrogens with zero attached hydrogens (tertiary/aromatic N) is 4. The first-order valence-electron chi connectivity index (χ1n) is 9.65. The van der Waals surface area contributed by atoms with Crippen LogP contribution in [0.5, 0.6) is 0 Å². The van der Waals surface area contributed by atoms with Crippen LogP contribution in [0.1, 0.15) is 50.5 Å². The minimum atomic E-state index is -2.47. The quantitative estimate of drug-likeness (QED) is 0.730. The normalized spacial score (nSPS) is 26.4. The van der Waals surface area contributed by atoms with Crippen molar-refractivity contribution in [1.29, 1.82) is 0 Å². The van der Waals surface area contributed by atoms with Crippen LogP contribution in [0.4, 0.5) is 14.6 Å². The van der Waals surface area contributed by atoms with E-state index in [0.29, 0.717) is 31.0 Å². The summed E-state index contributed by atoms with van der Waals surface area (Å²) >= 11 is 7.64. The van der Waals surface area contributed by atoms with Crippen molar-refractivity contribution in [1.82, 2.24) is 19.9 Å². The van der Waals surface area contributed by atoms with Gasteiger partial charge in [0, 0.05) is 38.0 Å². The van der Waals surface area contributed by atoms with E-state index >= 15 is 0 Å². The number of rotatable bonds is 4. The summed E-state index contributed by atoms with van der Waals surface area (Å²) in [4.78, 5) is 16.3. The Hall–Kier alpha value is -1.12. The van der Waals surface area contributed by atoms with Crippen molar-refractivity contribution < 1.29 is 8.78 Å². The highest BCUT2D eigenvalue weighted by molar-refractivity contribution is 7.18. The average molecular weight is 416 g/mol. The Labute approximate surface area is 166 Å². The first kappa shape index (κ1) is 19.2. The molecule has 0 bridgehead atoms. The Morgan fingerprint density at radius 1 is 1.15 bits per heavy atom. The fourth-order valence-corrected chi connectivity index (χ4v) is 5.18. The van der Waals surface area contributed by atoms with Crippen LogP contribution in [0.15, 0.2) is 0 Å². The molecular weight excluding hydrogens is 392 g/mol. The third-order valence-electron chi connectivity index (χ3n) is 5.66. The number of anilines is 1. The van der Waals surface area contributed by atoms with Crippen LogP contribution in [-0.4, -0.2) is 50.9 Å². The number of thiazole rings is 1. The number of alkyl halides is 2. The Morgan fingerprint density at radius 3 is 2.52 bits per heavy atom. The van der Waals surface area contributed by atoms with Crippen molar-refractivity contribution in [3.63, 3.8) is 0 Å². The predicted octanol–water partition coefficient (Wildman–Crippen LogP) is 4.76. The molecule has 0 aromatic carbocycles. The smallest absolute Gasteiger partial charge is 0.250 e. The van der Waals surface area contributed by atoms with Crippen LogP contribution in [0.3, 0.4) is 0 Å². The maximum Gasteiger partial charge on any atom is 0.250 e. The molecule has 0 spiro atoms. The summed E-state index contributed by atoms with van der Waals surface area (Å²) in [5.74, 6) is -1.76. The molecule has 1 saturated heterocycles. The van der Waals surface area contributed by atoms with Gasteiger partial charge < -0.3 is 5.32 Å². The molecule has 0 atom stereocenters. The number of hydrogen-bond donors (Lipinski definition) is 1. The largest absolute Gasteiger partial charge is 0.365 e. The highest BCUT2D eigenvalue weighted by Gasteiger charge is 2.37. The number of fused-ring (bicyclic) bond motifs is 1. The molecule has 1 aliphatic carbocycles. The zero-order valence-electron chi connectivity index (χ0n) is 15.3. The summed E-state index contributed by atoms with van der Waals surface area (Å²) in [6, 6.07) is 0.715. The first-order chi connectivity index (χ1) is 12.9. The van der Waals surface area contributed by atoms with Gasteiger partial charge >= 0.3 is 0 Å². The highest BCUT2D eigenvalue weighted by atomic mass is 35.5. The van der Waals surface area contributed by atoms with Crippen LogP contribution in [0.25, 0.3) is 10.3 Å². The van der Waals surface area contributed by atoms with Crippen molar-refractivity contribution >= 4 is 39.1 Å². The number of aromatic nitrogens is 3. The summed E-state index contributed by atoms with van der Waals surface area (Å²) in [5.41, 5.74) is 0.793. The number of hydrogen-bond acceptors (Lipinski definition) is 6. The lowest BCUT2D eigenvalue weighted by Gasteiger charge is -2.40.